The number of nitrogens with two attached hydrogens (primary N) is 1. The third kappa shape index (κ3) is 2.06. The van der Waals surface area contributed by atoms with E-state index in [1.54, 1.807) is 0 Å². The van der Waals surface area contributed by atoms with Gasteiger partial charge in [0.1, 0.15) is 6.04 Å². The number of rotatable bonds is 2. The van der Waals surface area contributed by atoms with E-state index in [0.29, 0.717) is 0 Å². The van der Waals surface area contributed by atoms with E-state index >= 15 is 0 Å². The maximum Gasteiger partial charge on any atom is 0.242 e. The van der Waals surface area contributed by atoms with Crippen molar-refractivity contribution in [3.63, 3.8) is 0 Å². The molecule has 0 unspecified atom stereocenters. The largest absolute Gasteiger partial charge is 0.368 e. The molecule has 3 nitrogen and oxygen atoms in total. The van der Waals surface area contributed by atoms with Gasteiger partial charge in [-0.25, -0.2) is 0 Å². The summed E-state index contributed by atoms with van der Waals surface area (Å²) < 4.78 is 0. The fourth-order valence-electron chi connectivity index (χ4n) is 1.76. The van der Waals surface area contributed by atoms with Crippen LogP contribution in [0.1, 0.15) is 24.0 Å². The average Bonchev–Trinajstić information content (AvgIpc) is 2.68. The molecule has 1 amide bonds. The van der Waals surface area contributed by atoms with Crippen LogP contribution in [0.25, 0.3) is 0 Å². The van der Waals surface area contributed by atoms with Crippen LogP contribution in [0.4, 0.5) is 0 Å². The topological polar surface area (TPSA) is 55.4 Å². The quantitative estimate of drug-likeness (QED) is 0.775. The Bertz CT molecular complexity index is 406. The van der Waals surface area contributed by atoms with E-state index in [1.165, 1.54) is 5.56 Å². The van der Waals surface area contributed by atoms with Gasteiger partial charge in [-0.05, 0) is 25.3 Å². The van der Waals surface area contributed by atoms with Gasteiger partial charge < -0.3 is 5.73 Å². The van der Waals surface area contributed by atoms with Gasteiger partial charge >= 0.3 is 0 Å². The Kier molecular flexibility index (Phi) is 2.54. The number of benzene rings is 1. The first-order valence-corrected chi connectivity index (χ1v) is 5.10. The van der Waals surface area contributed by atoms with E-state index in [4.69, 9.17) is 5.73 Å². The van der Waals surface area contributed by atoms with Crippen molar-refractivity contribution < 1.29 is 4.79 Å². The van der Waals surface area contributed by atoms with Crippen LogP contribution in [0, 0.1) is 6.92 Å². The van der Waals surface area contributed by atoms with Crippen molar-refractivity contribution in [3.8, 4) is 0 Å². The Balaban J connectivity index is 2.22. The molecular formula is C12H14N2O. The predicted octanol–water partition coefficient (Wildman–Crippen LogP) is 1.43. The highest BCUT2D eigenvalue weighted by atomic mass is 16.1. The molecular weight excluding hydrogens is 188 g/mol. The van der Waals surface area contributed by atoms with Crippen LogP contribution >= 0.6 is 0 Å². The predicted molar refractivity (Wildman–Crippen MR) is 59.9 cm³/mol. The second kappa shape index (κ2) is 3.85. The van der Waals surface area contributed by atoms with E-state index in [-0.39, 0.29) is 11.9 Å². The fraction of sp³-hybridized carbons (Fsp3) is 0.333. The van der Waals surface area contributed by atoms with Crippen molar-refractivity contribution in [2.75, 3.05) is 0 Å². The molecule has 2 N–H and O–H groups in total. The molecule has 15 heavy (non-hydrogen) atoms. The van der Waals surface area contributed by atoms with Gasteiger partial charge in [-0.2, -0.15) is 0 Å². The molecule has 1 aromatic rings. The summed E-state index contributed by atoms with van der Waals surface area (Å²) in [5.74, 6) is -0.322. The number of amides is 1. The van der Waals surface area contributed by atoms with Crippen LogP contribution in [-0.4, -0.2) is 17.7 Å². The first kappa shape index (κ1) is 9.90. The Morgan fingerprint density at radius 2 is 2.07 bits per heavy atom. The van der Waals surface area contributed by atoms with Gasteiger partial charge in [0.25, 0.3) is 0 Å². The zero-order valence-corrected chi connectivity index (χ0v) is 8.73. The fourth-order valence-corrected chi connectivity index (χ4v) is 1.76. The van der Waals surface area contributed by atoms with E-state index in [1.807, 2.05) is 19.1 Å². The minimum atomic E-state index is -0.322. The van der Waals surface area contributed by atoms with Crippen LogP contribution in [0.5, 0.6) is 0 Å². The molecule has 1 heterocycles. The average molecular weight is 202 g/mol. The van der Waals surface area contributed by atoms with Crippen molar-refractivity contribution in [1.29, 1.82) is 0 Å². The van der Waals surface area contributed by atoms with Crippen molar-refractivity contribution in [3.05, 3.63) is 35.4 Å². The van der Waals surface area contributed by atoms with Crippen LogP contribution in [-0.2, 0) is 4.79 Å². The number of primary amides is 1. The van der Waals surface area contributed by atoms with Crippen LogP contribution < -0.4 is 5.73 Å². The summed E-state index contributed by atoms with van der Waals surface area (Å²) in [7, 11) is 0. The molecule has 0 spiro atoms. The molecule has 1 aromatic carbocycles. The summed E-state index contributed by atoms with van der Waals surface area (Å²) in [5.41, 5.74) is 8.54. The number of aliphatic imine (C=N–C) groups is 1. The van der Waals surface area contributed by atoms with Crippen molar-refractivity contribution in [2.45, 2.75) is 25.8 Å². The lowest BCUT2D eigenvalue weighted by Crippen LogP contribution is -2.24. The van der Waals surface area contributed by atoms with E-state index in [0.717, 1.165) is 24.1 Å². The number of nitrogens with zero attached hydrogens (tertiary/aromatic N) is 1. The lowest BCUT2D eigenvalue weighted by Gasteiger charge is -2.00. The van der Waals surface area contributed by atoms with Gasteiger partial charge in [-0.3, -0.25) is 9.79 Å². The van der Waals surface area contributed by atoms with Gasteiger partial charge in [-0.15, -0.1) is 0 Å². The molecule has 1 atom stereocenters. The smallest absolute Gasteiger partial charge is 0.242 e. The number of hydrogen-bond acceptors (Lipinski definition) is 2. The van der Waals surface area contributed by atoms with Crippen LogP contribution in [0.2, 0.25) is 0 Å². The number of carbonyl (C=O) groups excluding carboxylic acids is 1. The Morgan fingerprint density at radius 3 is 2.60 bits per heavy atom. The first-order valence-electron chi connectivity index (χ1n) is 5.10. The molecule has 0 bridgehead atoms. The summed E-state index contributed by atoms with van der Waals surface area (Å²) in [6.07, 6.45) is 1.59. The highest BCUT2D eigenvalue weighted by molar-refractivity contribution is 6.03. The SMILES string of the molecule is Cc1ccc(C2=N[C@H](C(N)=O)CC2)cc1. The molecule has 3 heteroatoms. The summed E-state index contributed by atoms with van der Waals surface area (Å²) in [4.78, 5) is 15.3. The number of hydrogen-bond donors (Lipinski definition) is 1. The number of aryl methyl sites for hydroxylation is 1. The first-order chi connectivity index (χ1) is 7.16. The maximum atomic E-state index is 10.9. The van der Waals surface area contributed by atoms with Gasteiger partial charge in [-0.1, -0.05) is 29.8 Å². The third-order valence-electron chi connectivity index (χ3n) is 2.68. The lowest BCUT2D eigenvalue weighted by molar-refractivity contribution is -0.119. The molecule has 2 rings (SSSR count). The highest BCUT2D eigenvalue weighted by Crippen LogP contribution is 2.18. The number of carbonyl (C=O) groups is 1. The minimum absolute atomic E-state index is 0.318. The maximum absolute atomic E-state index is 10.9. The van der Waals surface area contributed by atoms with Gasteiger partial charge in [0.2, 0.25) is 5.91 Å². The normalized spacial score (nSPS) is 20.1. The van der Waals surface area contributed by atoms with Gasteiger partial charge in [0.05, 0.1) is 0 Å². The zero-order valence-electron chi connectivity index (χ0n) is 8.73. The molecule has 0 aromatic heterocycles. The molecule has 0 saturated heterocycles. The molecule has 78 valence electrons. The Morgan fingerprint density at radius 1 is 1.40 bits per heavy atom. The van der Waals surface area contributed by atoms with E-state index in [9.17, 15) is 4.79 Å². The molecule has 0 radical (unpaired) electrons. The summed E-state index contributed by atoms with van der Waals surface area (Å²) in [6.45, 7) is 2.05. The molecule has 0 saturated carbocycles. The Hall–Kier alpha value is -1.64. The van der Waals surface area contributed by atoms with Crippen LogP contribution in [0.3, 0.4) is 0 Å². The monoisotopic (exact) mass is 202 g/mol. The summed E-state index contributed by atoms with van der Waals surface area (Å²) in [5, 5.41) is 0. The zero-order chi connectivity index (χ0) is 10.8. The van der Waals surface area contributed by atoms with Crippen molar-refractivity contribution in [1.82, 2.24) is 0 Å². The standard InChI is InChI=1S/C12H14N2O/c1-8-2-4-9(5-3-8)10-6-7-11(14-10)12(13)15/h2-5,11H,6-7H2,1H3,(H2,13,15)/t11-/m0/s1. The Labute approximate surface area is 89.0 Å². The lowest BCUT2D eigenvalue weighted by atomic mass is 10.1. The molecule has 1 aliphatic heterocycles. The van der Waals surface area contributed by atoms with E-state index < -0.39 is 0 Å². The third-order valence-corrected chi connectivity index (χ3v) is 2.68. The highest BCUT2D eigenvalue weighted by Gasteiger charge is 2.22. The second-order valence-electron chi connectivity index (χ2n) is 3.90. The van der Waals surface area contributed by atoms with Crippen molar-refractivity contribution >= 4 is 11.6 Å². The van der Waals surface area contributed by atoms with Gasteiger partial charge in [0.15, 0.2) is 0 Å². The summed E-state index contributed by atoms with van der Waals surface area (Å²) in [6, 6.07) is 7.86. The van der Waals surface area contributed by atoms with Crippen LogP contribution in [0.15, 0.2) is 29.3 Å². The summed E-state index contributed by atoms with van der Waals surface area (Å²) >= 11 is 0. The minimum Gasteiger partial charge on any atom is -0.368 e. The van der Waals surface area contributed by atoms with E-state index in [2.05, 4.69) is 17.1 Å². The molecule has 0 fully saturated rings. The van der Waals surface area contributed by atoms with Crippen molar-refractivity contribution in [2.24, 2.45) is 10.7 Å². The van der Waals surface area contributed by atoms with Gasteiger partial charge in [0, 0.05) is 5.71 Å². The molecule has 0 aliphatic carbocycles. The second-order valence-corrected chi connectivity index (χ2v) is 3.90. The molecule has 1 aliphatic rings.